The Morgan fingerprint density at radius 2 is 0.440 bits per heavy atom. The van der Waals surface area contributed by atoms with Gasteiger partial charge < -0.3 is 13.8 Å². The minimum Gasteiger partial charge on any atom is -0.455 e. The number of nitrogens with one attached hydrogen (secondary N) is 1. The SMILES string of the molecule is c1ccc(-c2cc(-c3ccccc3)c3oc4c(-c5ccc6c(c5)[nH]c5cc(-c7cc(-c8ccccc8)cc8c7oc7c(-c9ccccc9)cc(-c9ccccc9)cc78)ccc56)cc(-c5ccccc5)cc4c3c2)cc1. The van der Waals surface area contributed by atoms with E-state index in [1.165, 1.54) is 11.1 Å². The van der Waals surface area contributed by atoms with Crippen molar-refractivity contribution >= 4 is 65.7 Å². The molecular weight excluding hydrogens is 911 g/mol. The van der Waals surface area contributed by atoms with Gasteiger partial charge in [-0.05, 0) is 127 Å². The number of aromatic nitrogens is 1. The van der Waals surface area contributed by atoms with Crippen LogP contribution < -0.4 is 0 Å². The summed E-state index contributed by atoms with van der Waals surface area (Å²) in [5.41, 5.74) is 23.4. The van der Waals surface area contributed by atoms with Crippen LogP contribution in [0, 0.1) is 0 Å². The maximum atomic E-state index is 7.18. The van der Waals surface area contributed by atoms with Gasteiger partial charge in [-0.3, -0.25) is 0 Å². The molecule has 0 atom stereocenters. The van der Waals surface area contributed by atoms with Gasteiger partial charge in [-0.1, -0.05) is 206 Å². The molecule has 0 aliphatic heterocycles. The normalized spacial score (nSPS) is 11.7. The van der Waals surface area contributed by atoms with Crippen molar-refractivity contribution in [2.45, 2.75) is 0 Å². The van der Waals surface area contributed by atoms with Crippen LogP contribution in [0.15, 0.2) is 276 Å². The standard InChI is InChI=1S/C72H45NO2/c1-7-19-45(20-8-1)53-35-59(49-27-15-5-16-28-49)69-63(39-53)65-41-55(47-23-11-3-12-24-47)37-61(71(65)74-69)51-31-33-57-58-34-32-52(44-68(58)73-67(57)43-51)62-38-56(48-25-13-4-14-26-48)42-66-64-40-54(46-21-9-2-10-22-46)36-60(70(64)75-72(62)66)50-29-17-6-18-30-50/h1-44,73H. The van der Waals surface area contributed by atoms with Crippen LogP contribution in [0.5, 0.6) is 0 Å². The van der Waals surface area contributed by atoms with Crippen molar-refractivity contribution in [2.24, 2.45) is 0 Å². The first kappa shape index (κ1) is 42.7. The molecule has 75 heavy (non-hydrogen) atoms. The highest BCUT2D eigenvalue weighted by atomic mass is 16.3. The Morgan fingerprint density at radius 3 is 0.720 bits per heavy atom. The third-order valence-electron chi connectivity index (χ3n) is 15.2. The topological polar surface area (TPSA) is 42.1 Å². The zero-order chi connectivity index (χ0) is 49.4. The lowest BCUT2D eigenvalue weighted by Crippen LogP contribution is -1.85. The van der Waals surface area contributed by atoms with Crippen molar-refractivity contribution in [2.75, 3.05) is 0 Å². The van der Waals surface area contributed by atoms with Gasteiger partial charge in [0, 0.05) is 65.6 Å². The van der Waals surface area contributed by atoms with Crippen molar-refractivity contribution in [3.05, 3.63) is 267 Å². The zero-order valence-corrected chi connectivity index (χ0v) is 40.7. The number of furan rings is 2. The quantitative estimate of drug-likeness (QED) is 0.165. The molecule has 0 aliphatic carbocycles. The fraction of sp³-hybridized carbons (Fsp3) is 0. The molecule has 3 heterocycles. The van der Waals surface area contributed by atoms with Crippen molar-refractivity contribution in [3.63, 3.8) is 0 Å². The molecule has 0 spiro atoms. The van der Waals surface area contributed by atoms with Gasteiger partial charge in [0.1, 0.15) is 22.3 Å². The number of hydrogen-bond donors (Lipinski definition) is 1. The third-order valence-corrected chi connectivity index (χ3v) is 15.2. The van der Waals surface area contributed by atoms with Gasteiger partial charge in [-0.2, -0.15) is 0 Å². The Kier molecular flexibility index (Phi) is 9.89. The molecule has 0 unspecified atom stereocenters. The van der Waals surface area contributed by atoms with Crippen LogP contribution in [0.2, 0.25) is 0 Å². The summed E-state index contributed by atoms with van der Waals surface area (Å²) < 4.78 is 14.4. The van der Waals surface area contributed by atoms with E-state index in [0.717, 1.165) is 144 Å². The van der Waals surface area contributed by atoms with Crippen LogP contribution in [0.4, 0.5) is 0 Å². The van der Waals surface area contributed by atoms with Crippen LogP contribution >= 0.6 is 0 Å². The maximum Gasteiger partial charge on any atom is 0.143 e. The average molecular weight is 956 g/mol. The second-order valence-corrected chi connectivity index (χ2v) is 19.6. The maximum absolute atomic E-state index is 7.18. The van der Waals surface area contributed by atoms with Crippen molar-refractivity contribution in [3.8, 4) is 89.0 Å². The van der Waals surface area contributed by atoms with Crippen LogP contribution in [0.25, 0.3) is 155 Å². The molecule has 0 aliphatic rings. The summed E-state index contributed by atoms with van der Waals surface area (Å²) in [5.74, 6) is 0. The zero-order valence-electron chi connectivity index (χ0n) is 40.7. The van der Waals surface area contributed by atoms with Crippen LogP contribution in [-0.2, 0) is 0 Å². The minimum atomic E-state index is 0.865. The first-order valence-electron chi connectivity index (χ1n) is 25.6. The minimum absolute atomic E-state index is 0.865. The number of H-pyrrole nitrogens is 1. The second-order valence-electron chi connectivity index (χ2n) is 19.6. The monoisotopic (exact) mass is 955 g/mol. The Labute approximate surface area is 433 Å². The molecule has 0 radical (unpaired) electrons. The molecule has 0 saturated heterocycles. The van der Waals surface area contributed by atoms with E-state index in [2.05, 4.69) is 272 Å². The van der Waals surface area contributed by atoms with E-state index in [9.17, 15) is 0 Å². The molecule has 0 bridgehead atoms. The van der Waals surface area contributed by atoms with Crippen LogP contribution in [0.1, 0.15) is 0 Å². The van der Waals surface area contributed by atoms with E-state index in [0.29, 0.717) is 0 Å². The number of benzene rings is 12. The number of hydrogen-bond acceptors (Lipinski definition) is 2. The van der Waals surface area contributed by atoms with Gasteiger partial charge in [0.2, 0.25) is 0 Å². The molecule has 0 amide bonds. The van der Waals surface area contributed by atoms with E-state index < -0.39 is 0 Å². The Morgan fingerprint density at radius 1 is 0.187 bits per heavy atom. The Balaban J connectivity index is 0.921. The molecule has 3 aromatic heterocycles. The summed E-state index contributed by atoms with van der Waals surface area (Å²) in [7, 11) is 0. The Bertz CT molecular complexity index is 4350. The number of rotatable bonds is 8. The first-order valence-corrected chi connectivity index (χ1v) is 25.6. The van der Waals surface area contributed by atoms with Crippen LogP contribution in [0.3, 0.4) is 0 Å². The predicted molar refractivity (Wildman–Crippen MR) is 314 cm³/mol. The molecular formula is C72H45NO2. The van der Waals surface area contributed by atoms with E-state index in [1.54, 1.807) is 0 Å². The molecule has 15 aromatic rings. The summed E-state index contributed by atoms with van der Waals surface area (Å²) in [6.07, 6.45) is 0. The Hall–Kier alpha value is -9.96. The summed E-state index contributed by atoms with van der Waals surface area (Å²) in [5, 5.41) is 6.66. The van der Waals surface area contributed by atoms with Gasteiger partial charge in [0.25, 0.3) is 0 Å². The summed E-state index contributed by atoms with van der Waals surface area (Å²) in [4.78, 5) is 3.89. The molecule has 1 N–H and O–H groups in total. The fourth-order valence-electron chi connectivity index (χ4n) is 11.5. The average Bonchev–Trinajstić information content (AvgIpc) is 4.19. The highest BCUT2D eigenvalue weighted by Crippen LogP contribution is 2.47. The molecule has 0 saturated carbocycles. The second kappa shape index (κ2) is 17.4. The van der Waals surface area contributed by atoms with Crippen LogP contribution in [-0.4, -0.2) is 4.98 Å². The lowest BCUT2D eigenvalue weighted by Gasteiger charge is -2.09. The highest BCUT2D eigenvalue weighted by molar-refractivity contribution is 6.18. The van der Waals surface area contributed by atoms with Crippen molar-refractivity contribution < 1.29 is 8.83 Å². The van der Waals surface area contributed by atoms with E-state index in [4.69, 9.17) is 8.83 Å². The lowest BCUT2D eigenvalue weighted by molar-refractivity contribution is 0.671. The lowest BCUT2D eigenvalue weighted by atomic mass is 9.92. The van der Waals surface area contributed by atoms with Gasteiger partial charge in [-0.25, -0.2) is 0 Å². The number of aromatic amines is 1. The summed E-state index contributed by atoms with van der Waals surface area (Å²) >= 11 is 0. The number of fused-ring (bicyclic) bond motifs is 9. The summed E-state index contributed by atoms with van der Waals surface area (Å²) in [6, 6.07) is 95.8. The largest absolute Gasteiger partial charge is 0.455 e. The molecule has 0 fully saturated rings. The van der Waals surface area contributed by atoms with Gasteiger partial charge in [0.05, 0.1) is 0 Å². The smallest absolute Gasteiger partial charge is 0.143 e. The third kappa shape index (κ3) is 7.28. The molecule has 3 heteroatoms. The molecule has 12 aromatic carbocycles. The van der Waals surface area contributed by atoms with Gasteiger partial charge >= 0.3 is 0 Å². The van der Waals surface area contributed by atoms with E-state index >= 15 is 0 Å². The highest BCUT2D eigenvalue weighted by Gasteiger charge is 2.23. The summed E-state index contributed by atoms with van der Waals surface area (Å²) in [6.45, 7) is 0. The van der Waals surface area contributed by atoms with Crippen molar-refractivity contribution in [1.82, 2.24) is 4.98 Å². The van der Waals surface area contributed by atoms with E-state index in [1.807, 2.05) is 0 Å². The fourth-order valence-corrected chi connectivity index (χ4v) is 11.5. The van der Waals surface area contributed by atoms with Gasteiger partial charge in [0.15, 0.2) is 0 Å². The van der Waals surface area contributed by atoms with E-state index in [-0.39, 0.29) is 0 Å². The predicted octanol–water partition coefficient (Wildman–Crippen LogP) is 20.5. The first-order chi connectivity index (χ1) is 37.1. The van der Waals surface area contributed by atoms with Crippen molar-refractivity contribution in [1.29, 1.82) is 0 Å². The molecule has 15 rings (SSSR count). The molecule has 3 nitrogen and oxygen atoms in total. The van der Waals surface area contributed by atoms with Gasteiger partial charge in [-0.15, -0.1) is 0 Å². The molecule has 350 valence electrons.